The lowest BCUT2D eigenvalue weighted by Crippen LogP contribution is -2.53. The van der Waals surface area contributed by atoms with E-state index in [0.29, 0.717) is 34.8 Å². The number of primary amides is 1. The molecule has 1 fully saturated rings. The number of halogens is 2. The maximum absolute atomic E-state index is 15.5. The summed E-state index contributed by atoms with van der Waals surface area (Å²) < 4.78 is 18.7. The molecule has 3 atom stereocenters. The van der Waals surface area contributed by atoms with Crippen LogP contribution in [0.15, 0.2) is 55.0 Å². The molecule has 5 rings (SSSR count). The van der Waals surface area contributed by atoms with E-state index in [4.69, 9.17) is 17.3 Å². The number of amides is 1. The first kappa shape index (κ1) is 22.4. The lowest BCUT2D eigenvalue weighted by molar-refractivity contribution is 0.00310. The number of fused-ring (bicyclic) bond motifs is 1. The molecule has 8 nitrogen and oxygen atoms in total. The number of alkyl halides is 1. The fourth-order valence-corrected chi connectivity index (χ4v) is 4.62. The monoisotopic (exact) mass is 482 g/mol. The van der Waals surface area contributed by atoms with Gasteiger partial charge >= 0.3 is 0 Å². The van der Waals surface area contributed by atoms with E-state index in [2.05, 4.69) is 15.5 Å². The number of aliphatic hydroxyl groups excluding tert-OH is 1. The molecule has 4 aromatic rings. The predicted octanol–water partition coefficient (Wildman–Crippen LogP) is 3.99. The molecule has 10 heteroatoms. The first-order valence-corrected chi connectivity index (χ1v) is 11.3. The normalized spacial score (nSPS) is 24.6. The number of carbonyl (C=O) groups excluding carboxylic acids is 1. The third-order valence-corrected chi connectivity index (χ3v) is 7.16. The molecule has 0 spiro atoms. The lowest BCUT2D eigenvalue weighted by Gasteiger charge is -2.38. The summed E-state index contributed by atoms with van der Waals surface area (Å²) in [6, 6.07) is 11.1. The van der Waals surface area contributed by atoms with E-state index in [-0.39, 0.29) is 5.56 Å². The van der Waals surface area contributed by atoms with E-state index in [9.17, 15) is 9.90 Å². The maximum Gasteiger partial charge on any atom is 0.252 e. The van der Waals surface area contributed by atoms with Gasteiger partial charge in [0.05, 0.1) is 52.2 Å². The molecule has 0 unspecified atom stereocenters. The number of nitrogens with two attached hydrogens (primary N) is 1. The summed E-state index contributed by atoms with van der Waals surface area (Å²) in [5, 5.41) is 23.0. The fourth-order valence-electron chi connectivity index (χ4n) is 4.50. The Kier molecular flexibility index (Phi) is 5.14. The van der Waals surface area contributed by atoms with Crippen LogP contribution in [0.4, 0.5) is 10.1 Å². The van der Waals surface area contributed by atoms with Crippen LogP contribution in [0.5, 0.6) is 0 Å². The van der Waals surface area contributed by atoms with Crippen LogP contribution in [-0.2, 0) is 0 Å². The molecule has 1 saturated carbocycles. The number of hydrogen-bond donors (Lipinski definition) is 3. The van der Waals surface area contributed by atoms with Gasteiger partial charge in [-0.1, -0.05) is 23.7 Å². The summed E-state index contributed by atoms with van der Waals surface area (Å²) in [5.74, 6) is -0.688. The van der Waals surface area contributed by atoms with Gasteiger partial charge in [-0.15, -0.1) is 0 Å². The van der Waals surface area contributed by atoms with Crippen LogP contribution in [0.1, 0.15) is 37.0 Å². The van der Waals surface area contributed by atoms with Gasteiger partial charge < -0.3 is 16.2 Å². The number of hydrogen-bond acceptors (Lipinski definition) is 5. The smallest absolute Gasteiger partial charge is 0.252 e. The Bertz CT molecular complexity index is 1400. The van der Waals surface area contributed by atoms with Crippen LogP contribution in [0, 0.1) is 0 Å². The Morgan fingerprint density at radius 1 is 1.29 bits per heavy atom. The van der Waals surface area contributed by atoms with Gasteiger partial charge in [0.15, 0.2) is 5.67 Å². The molecule has 0 bridgehead atoms. The molecule has 34 heavy (non-hydrogen) atoms. The lowest BCUT2D eigenvalue weighted by atomic mass is 9.86. The van der Waals surface area contributed by atoms with Crippen molar-refractivity contribution in [2.45, 2.75) is 44.0 Å². The number of anilines is 1. The van der Waals surface area contributed by atoms with Crippen molar-refractivity contribution in [1.29, 1.82) is 0 Å². The molecule has 3 heterocycles. The Balaban J connectivity index is 1.58. The first-order chi connectivity index (χ1) is 16.1. The van der Waals surface area contributed by atoms with E-state index in [1.807, 2.05) is 24.4 Å². The highest BCUT2D eigenvalue weighted by Gasteiger charge is 2.55. The van der Waals surface area contributed by atoms with Crippen molar-refractivity contribution in [3.8, 4) is 16.9 Å². The summed E-state index contributed by atoms with van der Waals surface area (Å²) in [6.45, 7) is 3.06. The number of rotatable bonds is 5. The Hall–Kier alpha value is -3.43. The van der Waals surface area contributed by atoms with Crippen molar-refractivity contribution < 1.29 is 14.3 Å². The number of nitrogens with zero attached hydrogens (tertiary/aromatic N) is 4. The minimum atomic E-state index is -1.91. The fraction of sp³-hybridized carbons (Fsp3) is 0.292. The molecule has 1 aromatic carbocycles. The quantitative estimate of drug-likeness (QED) is 0.398. The average molecular weight is 483 g/mol. The van der Waals surface area contributed by atoms with Crippen LogP contribution >= 0.6 is 11.6 Å². The standard InChI is InChI=1S/C24H24ClFN6O2/c1-23(9-7-20(33)24(23,2)26)29-21-17(22(27)34)12-28-32-13-16(11-19(21)32)31-10-8-18(30-31)14-3-5-15(25)6-4-14/h3-6,8,10-13,20,29,33H,7,9H2,1-2H3,(H2,27,34)/t20-,23-,24+/m1/s1. The molecule has 3 aromatic heterocycles. The van der Waals surface area contributed by atoms with Gasteiger partial charge in [0.1, 0.15) is 0 Å². The molecule has 0 saturated heterocycles. The number of carbonyl (C=O) groups is 1. The Morgan fingerprint density at radius 3 is 2.68 bits per heavy atom. The highest BCUT2D eigenvalue weighted by atomic mass is 35.5. The van der Waals surface area contributed by atoms with Gasteiger partial charge in [0.2, 0.25) is 0 Å². The van der Waals surface area contributed by atoms with Gasteiger partial charge in [-0.2, -0.15) is 10.2 Å². The molecular weight excluding hydrogens is 459 g/mol. The number of nitrogens with one attached hydrogen (secondary N) is 1. The summed E-state index contributed by atoms with van der Waals surface area (Å²) >= 11 is 5.98. The molecule has 1 amide bonds. The van der Waals surface area contributed by atoms with Crippen molar-refractivity contribution in [2.75, 3.05) is 5.32 Å². The summed E-state index contributed by atoms with van der Waals surface area (Å²) in [7, 11) is 0. The van der Waals surface area contributed by atoms with Gasteiger partial charge in [-0.05, 0) is 51.0 Å². The van der Waals surface area contributed by atoms with Crippen molar-refractivity contribution in [3.05, 3.63) is 65.6 Å². The summed E-state index contributed by atoms with van der Waals surface area (Å²) in [6.07, 6.45) is 4.49. The van der Waals surface area contributed by atoms with E-state index in [1.165, 1.54) is 13.1 Å². The van der Waals surface area contributed by atoms with E-state index in [1.54, 1.807) is 40.5 Å². The number of aliphatic hydroxyl groups is 1. The minimum Gasteiger partial charge on any atom is -0.390 e. The van der Waals surface area contributed by atoms with Crippen molar-refractivity contribution >= 4 is 28.7 Å². The van der Waals surface area contributed by atoms with Crippen LogP contribution in [0.2, 0.25) is 5.02 Å². The van der Waals surface area contributed by atoms with Crippen molar-refractivity contribution in [2.24, 2.45) is 5.73 Å². The summed E-state index contributed by atoms with van der Waals surface area (Å²) in [5.41, 5.74) is 5.99. The first-order valence-electron chi connectivity index (χ1n) is 10.9. The van der Waals surface area contributed by atoms with E-state index >= 15 is 4.39 Å². The molecule has 1 aliphatic rings. The zero-order valence-electron chi connectivity index (χ0n) is 18.7. The predicted molar refractivity (Wildman–Crippen MR) is 128 cm³/mol. The molecule has 4 N–H and O–H groups in total. The topological polar surface area (TPSA) is 110 Å². The zero-order chi connectivity index (χ0) is 24.3. The maximum atomic E-state index is 15.5. The third-order valence-electron chi connectivity index (χ3n) is 6.91. The largest absolute Gasteiger partial charge is 0.390 e. The second kappa shape index (κ2) is 7.82. The average Bonchev–Trinajstić information content (AvgIpc) is 3.49. The number of benzene rings is 1. The minimum absolute atomic E-state index is 0.137. The second-order valence-electron chi connectivity index (χ2n) is 9.07. The Labute approximate surface area is 200 Å². The van der Waals surface area contributed by atoms with E-state index in [0.717, 1.165) is 11.3 Å². The number of aromatic nitrogens is 4. The molecule has 0 radical (unpaired) electrons. The van der Waals surface area contributed by atoms with Crippen LogP contribution in [-0.4, -0.2) is 47.7 Å². The summed E-state index contributed by atoms with van der Waals surface area (Å²) in [4.78, 5) is 12.2. The Morgan fingerprint density at radius 2 is 2.03 bits per heavy atom. The zero-order valence-corrected chi connectivity index (χ0v) is 19.4. The third kappa shape index (κ3) is 3.52. The molecular formula is C24H24ClFN6O2. The highest BCUT2D eigenvalue weighted by Crippen LogP contribution is 2.45. The van der Waals surface area contributed by atoms with E-state index < -0.39 is 23.2 Å². The molecule has 1 aliphatic carbocycles. The van der Waals surface area contributed by atoms with Gasteiger partial charge in [-0.25, -0.2) is 13.6 Å². The van der Waals surface area contributed by atoms with Gasteiger partial charge in [-0.3, -0.25) is 4.79 Å². The van der Waals surface area contributed by atoms with Crippen LogP contribution < -0.4 is 11.1 Å². The second-order valence-corrected chi connectivity index (χ2v) is 9.50. The van der Waals surface area contributed by atoms with Crippen LogP contribution in [0.25, 0.3) is 22.5 Å². The van der Waals surface area contributed by atoms with Crippen LogP contribution in [0.3, 0.4) is 0 Å². The SMILES string of the molecule is C[C@@]1(Nc2c(C(N)=O)cnn3cc(-n4ccc(-c5ccc(Cl)cc5)n4)cc23)CC[C@@H](O)[C@]1(C)F. The van der Waals surface area contributed by atoms with Crippen molar-refractivity contribution in [1.82, 2.24) is 19.4 Å². The molecule has 176 valence electrons. The van der Waals surface area contributed by atoms with Gasteiger partial charge in [0.25, 0.3) is 5.91 Å². The highest BCUT2D eigenvalue weighted by molar-refractivity contribution is 6.30. The molecule has 0 aliphatic heterocycles. The van der Waals surface area contributed by atoms with Gasteiger partial charge in [0, 0.05) is 16.8 Å². The van der Waals surface area contributed by atoms with Crippen molar-refractivity contribution in [3.63, 3.8) is 0 Å².